The average molecular weight is 215 g/mol. The molecule has 0 aliphatic heterocycles. The van der Waals surface area contributed by atoms with Gasteiger partial charge in [0, 0.05) is 6.54 Å². The monoisotopic (exact) mass is 215 g/mol. The van der Waals surface area contributed by atoms with Crippen LogP contribution >= 0.6 is 0 Å². The van der Waals surface area contributed by atoms with Crippen LogP contribution in [-0.4, -0.2) is 0 Å². The van der Waals surface area contributed by atoms with Crippen molar-refractivity contribution in [2.24, 2.45) is 11.1 Å². The summed E-state index contributed by atoms with van der Waals surface area (Å²) in [6.07, 6.45) is 3.90. The van der Waals surface area contributed by atoms with E-state index >= 15 is 0 Å². The third kappa shape index (κ3) is 2.35. The molecule has 1 nitrogen and oxygen atoms in total. The minimum absolute atomic E-state index is 0.550. The van der Waals surface area contributed by atoms with E-state index in [0.29, 0.717) is 12.0 Å². The summed E-state index contributed by atoms with van der Waals surface area (Å²) >= 11 is 0. The van der Waals surface area contributed by atoms with Crippen LogP contribution in [0, 0.1) is 5.41 Å². The molecule has 1 saturated carbocycles. The molecule has 86 valence electrons. The summed E-state index contributed by atoms with van der Waals surface area (Å²) < 4.78 is 0. The quantitative estimate of drug-likeness (QED) is 0.817. The molecule has 1 aromatic rings. The topological polar surface area (TPSA) is 26.0 Å². The van der Waals surface area contributed by atoms with Gasteiger partial charge in [0.15, 0.2) is 0 Å². The Morgan fingerprint density at radius 1 is 1.38 bits per heavy atom. The van der Waals surface area contributed by atoms with Gasteiger partial charge in [0.2, 0.25) is 0 Å². The van der Waals surface area contributed by atoms with Crippen molar-refractivity contribution in [3.8, 4) is 0 Å². The van der Waals surface area contributed by atoms with E-state index in [0.717, 1.165) is 5.57 Å². The van der Waals surface area contributed by atoms with Gasteiger partial charge in [-0.05, 0) is 54.4 Å². The maximum atomic E-state index is 5.83. The van der Waals surface area contributed by atoms with Gasteiger partial charge in [-0.15, -0.1) is 0 Å². The molecule has 16 heavy (non-hydrogen) atoms. The molecular weight excluding hydrogens is 194 g/mol. The number of hydrogen-bond donors (Lipinski definition) is 1. The Morgan fingerprint density at radius 3 is 2.56 bits per heavy atom. The molecule has 1 fully saturated rings. The zero-order chi connectivity index (χ0) is 11.8. The van der Waals surface area contributed by atoms with Crippen LogP contribution in [0.5, 0.6) is 0 Å². The molecule has 0 atom stereocenters. The molecule has 0 bridgehead atoms. The van der Waals surface area contributed by atoms with Crippen molar-refractivity contribution in [2.75, 3.05) is 0 Å². The fourth-order valence-electron chi connectivity index (χ4n) is 2.10. The Bertz CT molecular complexity index is 413. The molecule has 0 unspecified atom stereocenters. The maximum Gasteiger partial charge on any atom is 0.0181 e. The van der Waals surface area contributed by atoms with Crippen molar-refractivity contribution < 1.29 is 0 Å². The Labute approximate surface area is 98.4 Å². The van der Waals surface area contributed by atoms with Crippen LogP contribution in [0.25, 0.3) is 5.57 Å². The van der Waals surface area contributed by atoms with E-state index in [1.54, 1.807) is 0 Å². The lowest BCUT2D eigenvalue weighted by atomic mass is 9.92. The molecule has 2 N–H and O–H groups in total. The summed E-state index contributed by atoms with van der Waals surface area (Å²) in [6, 6.07) is 6.60. The third-order valence-electron chi connectivity index (χ3n) is 3.64. The molecule has 0 amide bonds. The van der Waals surface area contributed by atoms with Crippen molar-refractivity contribution >= 4 is 5.57 Å². The van der Waals surface area contributed by atoms with Crippen LogP contribution in [0.4, 0.5) is 0 Å². The number of allylic oxidation sites excluding steroid dienone is 1. The molecule has 0 spiro atoms. The van der Waals surface area contributed by atoms with E-state index in [1.165, 1.54) is 36.0 Å². The van der Waals surface area contributed by atoms with E-state index in [2.05, 4.69) is 31.7 Å². The molecule has 0 radical (unpaired) electrons. The van der Waals surface area contributed by atoms with Gasteiger partial charge in [-0.1, -0.05) is 31.2 Å². The maximum absolute atomic E-state index is 5.83. The molecule has 1 heteroatoms. The van der Waals surface area contributed by atoms with E-state index in [-0.39, 0.29) is 0 Å². The average Bonchev–Trinajstić information content (AvgIpc) is 2.96. The smallest absolute Gasteiger partial charge is 0.0181 e. The van der Waals surface area contributed by atoms with Crippen LogP contribution in [-0.2, 0) is 13.0 Å². The highest BCUT2D eigenvalue weighted by Gasteiger charge is 2.37. The second kappa shape index (κ2) is 4.06. The van der Waals surface area contributed by atoms with Gasteiger partial charge >= 0.3 is 0 Å². The summed E-state index contributed by atoms with van der Waals surface area (Å²) in [5.41, 5.74) is 11.4. The molecule has 1 aliphatic rings. The molecule has 0 aromatic heterocycles. The molecule has 0 heterocycles. The highest BCUT2D eigenvalue weighted by Crippen LogP contribution is 2.48. The highest BCUT2D eigenvalue weighted by molar-refractivity contribution is 5.62. The number of nitrogens with two attached hydrogens (primary N) is 1. The normalized spacial score (nSPS) is 17.2. The van der Waals surface area contributed by atoms with E-state index in [9.17, 15) is 0 Å². The first kappa shape index (κ1) is 11.4. The van der Waals surface area contributed by atoms with Gasteiger partial charge < -0.3 is 5.73 Å². The van der Waals surface area contributed by atoms with Gasteiger partial charge in [0.25, 0.3) is 0 Å². The summed E-state index contributed by atoms with van der Waals surface area (Å²) in [7, 11) is 0. The minimum Gasteiger partial charge on any atom is -0.326 e. The van der Waals surface area contributed by atoms with Crippen LogP contribution in [0.3, 0.4) is 0 Å². The van der Waals surface area contributed by atoms with Crippen LogP contribution in [0.15, 0.2) is 24.8 Å². The standard InChI is InChI=1S/C15H21N/c1-11(2)12-4-5-13(14(8-12)10-16)9-15(3)6-7-15/h4-5,8H,1,6-7,9-10,16H2,2-3H3. The van der Waals surface area contributed by atoms with Gasteiger partial charge in [-0.3, -0.25) is 0 Å². The Morgan fingerprint density at radius 2 is 2.06 bits per heavy atom. The van der Waals surface area contributed by atoms with Gasteiger partial charge in [0.05, 0.1) is 0 Å². The number of benzene rings is 1. The summed E-state index contributed by atoms with van der Waals surface area (Å²) in [5, 5.41) is 0. The molecule has 2 rings (SSSR count). The van der Waals surface area contributed by atoms with Crippen molar-refractivity contribution in [3.63, 3.8) is 0 Å². The SMILES string of the molecule is C=C(C)c1ccc(CC2(C)CC2)c(CN)c1. The fraction of sp³-hybridized carbons (Fsp3) is 0.467. The van der Waals surface area contributed by atoms with Crippen LogP contribution in [0.2, 0.25) is 0 Å². The first-order chi connectivity index (χ1) is 7.54. The summed E-state index contributed by atoms with van der Waals surface area (Å²) in [5.74, 6) is 0. The third-order valence-corrected chi connectivity index (χ3v) is 3.64. The fourth-order valence-corrected chi connectivity index (χ4v) is 2.10. The number of hydrogen-bond acceptors (Lipinski definition) is 1. The van der Waals surface area contributed by atoms with Crippen molar-refractivity contribution in [1.29, 1.82) is 0 Å². The molecular formula is C15H21N. The zero-order valence-electron chi connectivity index (χ0n) is 10.3. The van der Waals surface area contributed by atoms with Crippen molar-refractivity contribution in [2.45, 2.75) is 39.7 Å². The molecule has 1 aliphatic carbocycles. The first-order valence-corrected chi connectivity index (χ1v) is 6.02. The summed E-state index contributed by atoms with van der Waals surface area (Å²) in [4.78, 5) is 0. The van der Waals surface area contributed by atoms with Gasteiger partial charge in [-0.25, -0.2) is 0 Å². The lowest BCUT2D eigenvalue weighted by Crippen LogP contribution is -2.07. The predicted octanol–water partition coefficient (Wildman–Crippen LogP) is 3.52. The lowest BCUT2D eigenvalue weighted by Gasteiger charge is -2.14. The number of rotatable bonds is 4. The van der Waals surface area contributed by atoms with Crippen LogP contribution < -0.4 is 5.73 Å². The Kier molecular flexibility index (Phi) is 2.90. The van der Waals surface area contributed by atoms with Gasteiger partial charge in [0.1, 0.15) is 0 Å². The molecule has 1 aromatic carbocycles. The van der Waals surface area contributed by atoms with Crippen LogP contribution in [0.1, 0.15) is 43.4 Å². The Hall–Kier alpha value is -1.08. The largest absolute Gasteiger partial charge is 0.326 e. The second-order valence-electron chi connectivity index (χ2n) is 5.46. The highest BCUT2D eigenvalue weighted by atomic mass is 14.5. The predicted molar refractivity (Wildman–Crippen MR) is 70.1 cm³/mol. The first-order valence-electron chi connectivity index (χ1n) is 6.02. The lowest BCUT2D eigenvalue weighted by molar-refractivity contribution is 0.567. The minimum atomic E-state index is 0.550. The van der Waals surface area contributed by atoms with Crippen molar-refractivity contribution in [1.82, 2.24) is 0 Å². The van der Waals surface area contributed by atoms with Gasteiger partial charge in [-0.2, -0.15) is 0 Å². The van der Waals surface area contributed by atoms with E-state index in [4.69, 9.17) is 5.73 Å². The van der Waals surface area contributed by atoms with E-state index in [1.807, 2.05) is 6.92 Å². The van der Waals surface area contributed by atoms with E-state index < -0.39 is 0 Å². The van der Waals surface area contributed by atoms with Crippen molar-refractivity contribution in [3.05, 3.63) is 41.5 Å². The Balaban J connectivity index is 2.27. The second-order valence-corrected chi connectivity index (χ2v) is 5.46. The summed E-state index contributed by atoms with van der Waals surface area (Å²) in [6.45, 7) is 9.01. The molecule has 0 saturated heterocycles. The zero-order valence-corrected chi connectivity index (χ0v) is 10.3.